The molecule has 1 heterocycles. The van der Waals surface area contributed by atoms with Crippen LogP contribution in [0.1, 0.15) is 36.9 Å². The second-order valence-corrected chi connectivity index (χ2v) is 7.98. The zero-order valence-corrected chi connectivity index (χ0v) is 18.5. The van der Waals surface area contributed by atoms with Gasteiger partial charge in [-0.2, -0.15) is 0 Å². The van der Waals surface area contributed by atoms with Gasteiger partial charge in [-0.25, -0.2) is 0 Å². The molecule has 3 aromatic rings. The van der Waals surface area contributed by atoms with Crippen molar-refractivity contribution < 1.29 is 9.53 Å². The number of nitrogens with zero attached hydrogens (tertiary/aromatic N) is 3. The molecule has 158 valence electrons. The highest BCUT2D eigenvalue weighted by Crippen LogP contribution is 2.25. The molecule has 0 radical (unpaired) electrons. The van der Waals surface area contributed by atoms with E-state index in [9.17, 15) is 4.79 Å². The quantitative estimate of drug-likeness (QED) is 0.494. The number of thioether (sulfide) groups is 1. The molecule has 2 aromatic carbocycles. The number of carbonyl (C=O) groups is 1. The summed E-state index contributed by atoms with van der Waals surface area (Å²) < 4.78 is 8.05. The normalized spacial score (nSPS) is 11.8. The molecule has 0 saturated heterocycles. The first-order valence-corrected chi connectivity index (χ1v) is 11.1. The Bertz CT molecular complexity index is 959. The minimum Gasteiger partial charge on any atom is -0.483 e. The molecule has 1 amide bonds. The fourth-order valence-corrected chi connectivity index (χ4v) is 3.96. The van der Waals surface area contributed by atoms with Gasteiger partial charge in [0.25, 0.3) is 0 Å². The molecule has 0 aliphatic rings. The molecule has 30 heavy (non-hydrogen) atoms. The Morgan fingerprint density at radius 1 is 1.17 bits per heavy atom. The Kier molecular flexibility index (Phi) is 7.90. The van der Waals surface area contributed by atoms with Gasteiger partial charge in [-0.1, -0.05) is 54.2 Å². The average Bonchev–Trinajstić information content (AvgIpc) is 3.16. The summed E-state index contributed by atoms with van der Waals surface area (Å²) in [6.07, 6.45) is 0.577. The van der Waals surface area contributed by atoms with Crippen molar-refractivity contribution in [1.82, 2.24) is 20.1 Å². The number of rotatable bonds is 10. The van der Waals surface area contributed by atoms with Crippen molar-refractivity contribution in [2.24, 2.45) is 0 Å². The van der Waals surface area contributed by atoms with Gasteiger partial charge in [-0.05, 0) is 50.5 Å². The molecule has 1 atom stereocenters. The lowest BCUT2D eigenvalue weighted by molar-refractivity contribution is -0.118. The summed E-state index contributed by atoms with van der Waals surface area (Å²) >= 11 is 1.39. The van der Waals surface area contributed by atoms with Crippen molar-refractivity contribution in [3.05, 3.63) is 71.5 Å². The van der Waals surface area contributed by atoms with E-state index in [-0.39, 0.29) is 12.0 Å². The fraction of sp³-hybridized carbons (Fsp3) is 0.348. The van der Waals surface area contributed by atoms with Crippen LogP contribution in [0.2, 0.25) is 0 Å². The molecular formula is C23H28N4O2S. The summed E-state index contributed by atoms with van der Waals surface area (Å²) in [7, 11) is 0. The lowest BCUT2D eigenvalue weighted by Crippen LogP contribution is -2.27. The summed E-state index contributed by atoms with van der Waals surface area (Å²) in [5.41, 5.74) is 2.36. The third-order valence-electron chi connectivity index (χ3n) is 4.64. The van der Waals surface area contributed by atoms with E-state index in [1.54, 1.807) is 0 Å². The summed E-state index contributed by atoms with van der Waals surface area (Å²) in [5, 5.41) is 12.3. The Balaban J connectivity index is 1.52. The number of hydrogen-bond acceptors (Lipinski definition) is 5. The molecule has 0 fully saturated rings. The van der Waals surface area contributed by atoms with Crippen molar-refractivity contribution in [2.75, 3.05) is 12.3 Å². The lowest BCUT2D eigenvalue weighted by Gasteiger charge is -2.16. The predicted molar refractivity (Wildman–Crippen MR) is 120 cm³/mol. The number of ether oxygens (including phenoxy) is 1. The maximum absolute atomic E-state index is 12.2. The first kappa shape index (κ1) is 21.9. The van der Waals surface area contributed by atoms with Crippen LogP contribution in [0.15, 0.2) is 59.8 Å². The molecule has 1 aromatic heterocycles. The smallest absolute Gasteiger partial charge is 0.230 e. The van der Waals surface area contributed by atoms with Crippen molar-refractivity contribution in [1.29, 1.82) is 0 Å². The van der Waals surface area contributed by atoms with Crippen LogP contribution in [0.25, 0.3) is 0 Å². The van der Waals surface area contributed by atoms with Gasteiger partial charge in [0.1, 0.15) is 5.75 Å². The molecule has 6 nitrogen and oxygen atoms in total. The fourth-order valence-electron chi connectivity index (χ4n) is 3.12. The second kappa shape index (κ2) is 10.8. The van der Waals surface area contributed by atoms with Crippen LogP contribution in [0.3, 0.4) is 0 Å². The third kappa shape index (κ3) is 6.10. The van der Waals surface area contributed by atoms with E-state index in [1.807, 2.05) is 67.8 Å². The molecule has 0 aliphatic heterocycles. The molecule has 7 heteroatoms. The number of benzene rings is 2. The van der Waals surface area contributed by atoms with Crippen molar-refractivity contribution >= 4 is 17.7 Å². The van der Waals surface area contributed by atoms with Gasteiger partial charge in [0.05, 0.1) is 5.75 Å². The number of carbonyl (C=O) groups excluding carboxylic acids is 1. The molecule has 1 unspecified atom stereocenters. The second-order valence-electron chi connectivity index (χ2n) is 7.04. The van der Waals surface area contributed by atoms with Crippen LogP contribution in [-0.4, -0.2) is 33.0 Å². The summed E-state index contributed by atoms with van der Waals surface area (Å²) in [6, 6.07) is 18.1. The number of aromatic nitrogens is 3. The van der Waals surface area contributed by atoms with Crippen molar-refractivity contribution in [3.8, 4) is 5.75 Å². The van der Waals surface area contributed by atoms with Crippen LogP contribution < -0.4 is 10.1 Å². The molecule has 3 rings (SSSR count). The minimum absolute atomic E-state index is 0.00723. The number of hydrogen-bond donors (Lipinski definition) is 1. The Morgan fingerprint density at radius 2 is 1.97 bits per heavy atom. The van der Waals surface area contributed by atoms with Crippen LogP contribution in [0, 0.1) is 6.92 Å². The van der Waals surface area contributed by atoms with E-state index in [0.29, 0.717) is 18.8 Å². The van der Waals surface area contributed by atoms with E-state index < -0.39 is 0 Å². The van der Waals surface area contributed by atoms with E-state index >= 15 is 0 Å². The third-order valence-corrected chi connectivity index (χ3v) is 5.61. The van der Waals surface area contributed by atoms with Gasteiger partial charge in [-0.3, -0.25) is 4.79 Å². The van der Waals surface area contributed by atoms with Crippen molar-refractivity contribution in [2.45, 2.75) is 45.0 Å². The standard InChI is InChI=1S/C23H28N4O2S/c1-4-27-22(18(3)29-20-12-8-9-17(2)15-20)25-26-23(27)30-16-21(28)24-14-13-19-10-6-5-7-11-19/h5-12,15,18H,4,13-14,16H2,1-3H3,(H,24,28). The molecule has 0 aliphatic carbocycles. The molecule has 0 bridgehead atoms. The average molecular weight is 425 g/mol. The molecule has 0 saturated carbocycles. The summed E-state index contributed by atoms with van der Waals surface area (Å²) in [6.45, 7) is 7.36. The highest BCUT2D eigenvalue weighted by Gasteiger charge is 2.19. The number of nitrogens with one attached hydrogen (secondary N) is 1. The first-order chi connectivity index (χ1) is 14.6. The topological polar surface area (TPSA) is 69.0 Å². The van der Waals surface area contributed by atoms with Gasteiger partial charge in [0.15, 0.2) is 17.1 Å². The molecular weight excluding hydrogens is 396 g/mol. The van der Waals surface area contributed by atoms with Crippen LogP contribution in [0.4, 0.5) is 0 Å². The zero-order valence-electron chi connectivity index (χ0n) is 17.7. The monoisotopic (exact) mass is 424 g/mol. The Labute approximate surface area is 182 Å². The van der Waals surface area contributed by atoms with Gasteiger partial charge in [0.2, 0.25) is 5.91 Å². The van der Waals surface area contributed by atoms with Gasteiger partial charge in [-0.15, -0.1) is 10.2 Å². The van der Waals surface area contributed by atoms with E-state index in [1.165, 1.54) is 17.3 Å². The maximum Gasteiger partial charge on any atom is 0.230 e. The largest absolute Gasteiger partial charge is 0.483 e. The summed E-state index contributed by atoms with van der Waals surface area (Å²) in [4.78, 5) is 12.2. The molecule has 1 N–H and O–H groups in total. The first-order valence-electron chi connectivity index (χ1n) is 10.2. The highest BCUT2D eigenvalue weighted by atomic mass is 32.2. The predicted octanol–water partition coefficient (Wildman–Crippen LogP) is 4.20. The number of aryl methyl sites for hydroxylation is 1. The highest BCUT2D eigenvalue weighted by molar-refractivity contribution is 7.99. The Hall–Kier alpha value is -2.80. The van der Waals surface area contributed by atoms with Gasteiger partial charge >= 0.3 is 0 Å². The SMILES string of the molecule is CCn1c(SCC(=O)NCCc2ccccc2)nnc1C(C)Oc1cccc(C)c1. The minimum atomic E-state index is -0.242. The van der Waals surface area contributed by atoms with Crippen LogP contribution >= 0.6 is 11.8 Å². The maximum atomic E-state index is 12.2. The lowest BCUT2D eigenvalue weighted by atomic mass is 10.1. The van der Waals surface area contributed by atoms with Gasteiger partial charge < -0.3 is 14.6 Å². The van der Waals surface area contributed by atoms with Crippen LogP contribution in [-0.2, 0) is 17.8 Å². The van der Waals surface area contributed by atoms with Gasteiger partial charge in [0, 0.05) is 13.1 Å². The van der Waals surface area contributed by atoms with E-state index in [4.69, 9.17) is 4.74 Å². The number of amides is 1. The Morgan fingerprint density at radius 3 is 2.70 bits per heavy atom. The molecule has 0 spiro atoms. The van der Waals surface area contributed by atoms with E-state index in [2.05, 4.69) is 27.6 Å². The summed E-state index contributed by atoms with van der Waals surface area (Å²) in [5.74, 6) is 1.86. The van der Waals surface area contributed by atoms with Crippen molar-refractivity contribution in [3.63, 3.8) is 0 Å². The zero-order chi connectivity index (χ0) is 21.3. The van der Waals surface area contributed by atoms with Crippen LogP contribution in [0.5, 0.6) is 5.75 Å². The van der Waals surface area contributed by atoms with E-state index in [0.717, 1.165) is 28.7 Å².